The van der Waals surface area contributed by atoms with E-state index >= 15 is 0 Å². The highest BCUT2D eigenvalue weighted by atomic mass is 32.2. The lowest BCUT2D eigenvalue weighted by atomic mass is 10.1. The molecule has 1 aromatic rings. The first-order valence-corrected chi connectivity index (χ1v) is 7.44. The maximum absolute atomic E-state index is 4.50. The Morgan fingerprint density at radius 3 is 2.76 bits per heavy atom. The van der Waals surface area contributed by atoms with Gasteiger partial charge < -0.3 is 5.32 Å². The van der Waals surface area contributed by atoms with Crippen LogP contribution >= 0.6 is 11.8 Å². The summed E-state index contributed by atoms with van der Waals surface area (Å²) in [6.45, 7) is 9.86. The number of nitrogens with zero attached hydrogens (tertiary/aromatic N) is 1. The second-order valence-electron chi connectivity index (χ2n) is 4.71. The number of pyridine rings is 1. The van der Waals surface area contributed by atoms with Gasteiger partial charge in [0.15, 0.2) is 0 Å². The zero-order valence-electron chi connectivity index (χ0n) is 11.4. The van der Waals surface area contributed by atoms with Crippen molar-refractivity contribution in [2.75, 3.05) is 12.3 Å². The van der Waals surface area contributed by atoms with Crippen LogP contribution in [0.15, 0.2) is 23.4 Å². The largest absolute Gasteiger partial charge is 0.310 e. The van der Waals surface area contributed by atoms with Crippen LogP contribution in [0.25, 0.3) is 0 Å². The molecule has 0 spiro atoms. The molecule has 0 bridgehead atoms. The number of rotatable bonds is 7. The van der Waals surface area contributed by atoms with Gasteiger partial charge in [-0.15, -0.1) is 11.8 Å². The fraction of sp³-hybridized carbons (Fsp3) is 0.643. The van der Waals surface area contributed by atoms with Gasteiger partial charge in [-0.3, -0.25) is 0 Å². The van der Waals surface area contributed by atoms with Gasteiger partial charge in [0, 0.05) is 17.8 Å². The van der Waals surface area contributed by atoms with E-state index in [0.717, 1.165) is 18.2 Å². The summed E-state index contributed by atoms with van der Waals surface area (Å²) >= 11 is 1.88. The van der Waals surface area contributed by atoms with Crippen molar-refractivity contribution < 1.29 is 0 Å². The maximum Gasteiger partial charge on any atom is 0.101 e. The minimum atomic E-state index is 0.384. The summed E-state index contributed by atoms with van der Waals surface area (Å²) in [5.41, 5.74) is 1.32. The summed E-state index contributed by atoms with van der Waals surface area (Å²) in [4.78, 5) is 4.50. The van der Waals surface area contributed by atoms with Gasteiger partial charge in [-0.05, 0) is 37.6 Å². The van der Waals surface area contributed by atoms with E-state index in [4.69, 9.17) is 0 Å². The molecule has 1 unspecified atom stereocenters. The third-order valence-electron chi connectivity index (χ3n) is 2.71. The maximum atomic E-state index is 4.50. The Morgan fingerprint density at radius 1 is 1.35 bits per heavy atom. The third kappa shape index (κ3) is 5.09. The van der Waals surface area contributed by atoms with Gasteiger partial charge in [0.05, 0.1) is 0 Å². The van der Waals surface area contributed by atoms with Crippen molar-refractivity contribution in [2.45, 2.75) is 45.2 Å². The topological polar surface area (TPSA) is 24.9 Å². The van der Waals surface area contributed by atoms with Crippen LogP contribution in [0.4, 0.5) is 0 Å². The third-order valence-corrected chi connectivity index (χ3v) is 3.77. The van der Waals surface area contributed by atoms with Crippen molar-refractivity contribution in [3.63, 3.8) is 0 Å². The zero-order valence-corrected chi connectivity index (χ0v) is 12.2. The molecule has 0 aliphatic carbocycles. The van der Waals surface area contributed by atoms with Crippen LogP contribution in [-0.2, 0) is 0 Å². The molecule has 1 N–H and O–H groups in total. The molecule has 1 atom stereocenters. The Bertz CT molecular complexity index is 326. The Balaban J connectivity index is 2.63. The second kappa shape index (κ2) is 7.72. The van der Waals surface area contributed by atoms with Crippen LogP contribution in [0.1, 0.15) is 45.7 Å². The van der Waals surface area contributed by atoms with E-state index in [2.05, 4.69) is 44.1 Å². The lowest BCUT2D eigenvalue weighted by Gasteiger charge is -2.16. The van der Waals surface area contributed by atoms with Gasteiger partial charge in [-0.1, -0.05) is 26.8 Å². The summed E-state index contributed by atoms with van der Waals surface area (Å²) in [6.07, 6.45) is 3.14. The van der Waals surface area contributed by atoms with Gasteiger partial charge in [0.25, 0.3) is 0 Å². The molecule has 1 rings (SSSR count). The second-order valence-corrected chi connectivity index (χ2v) is 5.79. The van der Waals surface area contributed by atoms with Crippen LogP contribution in [0.5, 0.6) is 0 Å². The first-order chi connectivity index (χ1) is 8.15. The zero-order chi connectivity index (χ0) is 12.7. The monoisotopic (exact) mass is 252 g/mol. The highest BCUT2D eigenvalue weighted by molar-refractivity contribution is 7.99. The SMILES string of the molecule is CCNC(C)c1cccnc1SCCC(C)C. The van der Waals surface area contributed by atoms with E-state index in [1.165, 1.54) is 17.0 Å². The van der Waals surface area contributed by atoms with Crippen LogP contribution in [0.3, 0.4) is 0 Å². The highest BCUT2D eigenvalue weighted by Crippen LogP contribution is 2.26. The Kier molecular flexibility index (Phi) is 6.60. The molecular formula is C14H24N2S. The predicted molar refractivity (Wildman–Crippen MR) is 76.5 cm³/mol. The molecule has 0 aromatic carbocycles. The summed E-state index contributed by atoms with van der Waals surface area (Å²) < 4.78 is 0. The fourth-order valence-electron chi connectivity index (χ4n) is 1.66. The number of hydrogen-bond acceptors (Lipinski definition) is 3. The lowest BCUT2D eigenvalue weighted by molar-refractivity contribution is 0.584. The molecule has 0 fully saturated rings. The predicted octanol–water partition coefficient (Wildman–Crippen LogP) is 3.89. The molecule has 96 valence electrons. The summed E-state index contributed by atoms with van der Waals surface area (Å²) in [5, 5.41) is 4.63. The van der Waals surface area contributed by atoms with Gasteiger partial charge in [-0.25, -0.2) is 4.98 Å². The normalized spacial score (nSPS) is 13.0. The number of aromatic nitrogens is 1. The summed E-state index contributed by atoms with van der Waals surface area (Å²) in [7, 11) is 0. The van der Waals surface area contributed by atoms with Crippen molar-refractivity contribution in [1.82, 2.24) is 10.3 Å². The van der Waals surface area contributed by atoms with Crippen molar-refractivity contribution >= 4 is 11.8 Å². The quantitative estimate of drug-likeness (QED) is 0.745. The smallest absolute Gasteiger partial charge is 0.101 e. The average molecular weight is 252 g/mol. The van der Waals surface area contributed by atoms with Crippen molar-refractivity contribution in [2.24, 2.45) is 5.92 Å². The van der Waals surface area contributed by atoms with Crippen LogP contribution in [0, 0.1) is 5.92 Å². The highest BCUT2D eigenvalue weighted by Gasteiger charge is 2.10. The van der Waals surface area contributed by atoms with Gasteiger partial charge in [-0.2, -0.15) is 0 Å². The van der Waals surface area contributed by atoms with Crippen LogP contribution in [0.2, 0.25) is 0 Å². The van der Waals surface area contributed by atoms with Crippen molar-refractivity contribution in [3.8, 4) is 0 Å². The first-order valence-electron chi connectivity index (χ1n) is 6.46. The summed E-state index contributed by atoms with van der Waals surface area (Å²) in [5.74, 6) is 1.92. The first kappa shape index (κ1) is 14.5. The van der Waals surface area contributed by atoms with Gasteiger partial charge >= 0.3 is 0 Å². The van der Waals surface area contributed by atoms with E-state index in [1.807, 2.05) is 24.0 Å². The molecule has 0 aliphatic heterocycles. The number of thioether (sulfide) groups is 1. The van der Waals surface area contributed by atoms with E-state index in [9.17, 15) is 0 Å². The lowest BCUT2D eigenvalue weighted by Crippen LogP contribution is -2.18. The standard InChI is InChI=1S/C14H24N2S/c1-5-15-12(4)13-7-6-9-16-14(13)17-10-8-11(2)3/h6-7,9,11-12,15H,5,8,10H2,1-4H3. The molecule has 1 heterocycles. The minimum absolute atomic E-state index is 0.384. The van der Waals surface area contributed by atoms with Crippen molar-refractivity contribution in [3.05, 3.63) is 23.9 Å². The molecule has 2 nitrogen and oxygen atoms in total. The van der Waals surface area contributed by atoms with Gasteiger partial charge in [0.2, 0.25) is 0 Å². The molecule has 0 amide bonds. The Morgan fingerprint density at radius 2 is 2.12 bits per heavy atom. The van der Waals surface area contributed by atoms with Crippen LogP contribution in [-0.4, -0.2) is 17.3 Å². The number of hydrogen-bond donors (Lipinski definition) is 1. The van der Waals surface area contributed by atoms with E-state index in [0.29, 0.717) is 6.04 Å². The van der Waals surface area contributed by atoms with Gasteiger partial charge in [0.1, 0.15) is 5.03 Å². The van der Waals surface area contributed by atoms with E-state index < -0.39 is 0 Å². The fourth-order valence-corrected chi connectivity index (χ4v) is 2.99. The molecule has 0 aliphatic rings. The molecule has 17 heavy (non-hydrogen) atoms. The van der Waals surface area contributed by atoms with E-state index in [-0.39, 0.29) is 0 Å². The molecule has 1 aromatic heterocycles. The minimum Gasteiger partial charge on any atom is -0.310 e. The number of nitrogens with one attached hydrogen (secondary N) is 1. The molecule has 3 heteroatoms. The van der Waals surface area contributed by atoms with Crippen LogP contribution < -0.4 is 5.32 Å². The van der Waals surface area contributed by atoms with Crippen molar-refractivity contribution in [1.29, 1.82) is 0 Å². The molecule has 0 saturated heterocycles. The molecule has 0 saturated carbocycles. The Hall–Kier alpha value is -0.540. The average Bonchev–Trinajstić information content (AvgIpc) is 2.29. The van der Waals surface area contributed by atoms with E-state index in [1.54, 1.807) is 0 Å². The molecular weight excluding hydrogens is 228 g/mol. The summed E-state index contributed by atoms with van der Waals surface area (Å²) in [6, 6.07) is 4.59. The molecule has 0 radical (unpaired) electrons. The Labute approximate surface area is 110 Å².